The molecule has 110 valence electrons. The van der Waals surface area contributed by atoms with Crippen LogP contribution in [0.25, 0.3) is 0 Å². The molecular formula is C13H18N2O4S. The van der Waals surface area contributed by atoms with Gasteiger partial charge in [-0.3, -0.25) is 4.79 Å². The Morgan fingerprint density at radius 2 is 2.15 bits per heavy atom. The van der Waals surface area contributed by atoms with Crippen LogP contribution >= 0.6 is 11.3 Å². The molecule has 0 radical (unpaired) electrons. The first kappa shape index (κ1) is 15.0. The lowest BCUT2D eigenvalue weighted by Crippen LogP contribution is -2.41. The van der Waals surface area contributed by atoms with Gasteiger partial charge in [-0.2, -0.15) is 0 Å². The van der Waals surface area contributed by atoms with E-state index in [0.717, 1.165) is 5.56 Å². The van der Waals surface area contributed by atoms with Crippen LogP contribution in [0.1, 0.15) is 21.7 Å². The molecule has 1 amide bonds. The van der Waals surface area contributed by atoms with Gasteiger partial charge < -0.3 is 20.1 Å². The molecule has 1 aliphatic heterocycles. The minimum atomic E-state index is -0.902. The van der Waals surface area contributed by atoms with Crippen LogP contribution in [0, 0.1) is 0 Å². The van der Waals surface area contributed by atoms with Crippen molar-refractivity contribution in [3.63, 3.8) is 0 Å². The summed E-state index contributed by atoms with van der Waals surface area (Å²) >= 11 is 1.22. The number of carboxylic acid groups (broad SMARTS) is 1. The van der Waals surface area contributed by atoms with E-state index in [4.69, 9.17) is 9.84 Å². The fourth-order valence-corrected chi connectivity index (χ4v) is 2.81. The summed E-state index contributed by atoms with van der Waals surface area (Å²) in [6, 6.07) is 1.80. The number of amides is 1. The van der Waals surface area contributed by atoms with Gasteiger partial charge in [0.1, 0.15) is 4.88 Å². The number of hydrogen-bond acceptors (Lipinski definition) is 5. The van der Waals surface area contributed by atoms with Crippen LogP contribution < -0.4 is 5.32 Å². The van der Waals surface area contributed by atoms with Crippen molar-refractivity contribution in [1.82, 2.24) is 10.2 Å². The van der Waals surface area contributed by atoms with Crippen molar-refractivity contribution in [2.45, 2.75) is 13.0 Å². The van der Waals surface area contributed by atoms with Crippen molar-refractivity contribution in [2.24, 2.45) is 0 Å². The highest BCUT2D eigenvalue weighted by molar-refractivity contribution is 7.12. The third-order valence-corrected chi connectivity index (χ3v) is 4.08. The highest BCUT2D eigenvalue weighted by Gasteiger charge is 2.16. The average Bonchev–Trinajstić information content (AvgIpc) is 2.93. The number of carbonyl (C=O) groups excluding carboxylic acids is 1. The lowest BCUT2D eigenvalue weighted by Gasteiger charge is -2.26. The van der Waals surface area contributed by atoms with Crippen LogP contribution in [-0.4, -0.2) is 54.7 Å². The van der Waals surface area contributed by atoms with Gasteiger partial charge in [-0.1, -0.05) is 0 Å². The standard InChI is InChI=1S/C13H18N2O4S/c16-11(15-4-6-19-7-5-15)1-3-14-9-10-2-8-20-12(10)13(17)18/h2,8,14H,1,3-7,9H2,(H,17,18). The molecule has 1 aromatic rings. The molecule has 7 heteroatoms. The molecule has 0 saturated carbocycles. The van der Waals surface area contributed by atoms with Crippen LogP contribution in [0.4, 0.5) is 0 Å². The van der Waals surface area contributed by atoms with E-state index >= 15 is 0 Å². The number of carboxylic acids is 1. The van der Waals surface area contributed by atoms with E-state index in [1.807, 2.05) is 0 Å². The summed E-state index contributed by atoms with van der Waals surface area (Å²) in [6.45, 7) is 3.55. The van der Waals surface area contributed by atoms with Crippen molar-refractivity contribution in [3.8, 4) is 0 Å². The van der Waals surface area contributed by atoms with Gasteiger partial charge in [0.2, 0.25) is 5.91 Å². The van der Waals surface area contributed by atoms with E-state index in [0.29, 0.717) is 50.7 Å². The summed E-state index contributed by atoms with van der Waals surface area (Å²) in [5, 5.41) is 13.9. The SMILES string of the molecule is O=C(O)c1sccc1CNCCC(=O)N1CCOCC1. The van der Waals surface area contributed by atoms with Crippen molar-refractivity contribution in [2.75, 3.05) is 32.8 Å². The molecule has 0 spiro atoms. The van der Waals surface area contributed by atoms with E-state index in [1.165, 1.54) is 11.3 Å². The molecule has 0 unspecified atom stereocenters. The zero-order valence-electron chi connectivity index (χ0n) is 11.1. The molecule has 0 aliphatic carbocycles. The molecule has 1 aliphatic rings. The third kappa shape index (κ3) is 4.03. The number of morpholine rings is 1. The summed E-state index contributed by atoms with van der Waals surface area (Å²) in [7, 11) is 0. The molecule has 20 heavy (non-hydrogen) atoms. The molecule has 2 heterocycles. The Kier molecular flexibility index (Phi) is 5.51. The number of nitrogens with zero attached hydrogens (tertiary/aromatic N) is 1. The van der Waals surface area contributed by atoms with Crippen LogP contribution in [0.3, 0.4) is 0 Å². The summed E-state index contributed by atoms with van der Waals surface area (Å²) in [5.41, 5.74) is 0.765. The summed E-state index contributed by atoms with van der Waals surface area (Å²) in [5.74, 6) is -0.786. The normalized spacial score (nSPS) is 15.3. The van der Waals surface area contributed by atoms with E-state index in [-0.39, 0.29) is 5.91 Å². The Morgan fingerprint density at radius 1 is 1.40 bits per heavy atom. The number of thiophene rings is 1. The molecule has 2 N–H and O–H groups in total. The summed E-state index contributed by atoms with van der Waals surface area (Å²) < 4.78 is 5.20. The van der Waals surface area contributed by atoms with Gasteiger partial charge in [0.05, 0.1) is 13.2 Å². The smallest absolute Gasteiger partial charge is 0.346 e. The number of ether oxygens (including phenoxy) is 1. The second-order valence-corrected chi connectivity index (χ2v) is 5.42. The Labute approximate surface area is 121 Å². The maximum Gasteiger partial charge on any atom is 0.346 e. The van der Waals surface area contributed by atoms with Crippen molar-refractivity contribution >= 4 is 23.2 Å². The van der Waals surface area contributed by atoms with E-state index in [1.54, 1.807) is 16.3 Å². The maximum atomic E-state index is 11.9. The second-order valence-electron chi connectivity index (χ2n) is 4.50. The Balaban J connectivity index is 1.69. The fourth-order valence-electron chi connectivity index (χ4n) is 2.05. The number of hydrogen-bond donors (Lipinski definition) is 2. The summed E-state index contributed by atoms with van der Waals surface area (Å²) in [4.78, 5) is 25.0. The summed E-state index contributed by atoms with van der Waals surface area (Å²) in [6.07, 6.45) is 0.423. The zero-order chi connectivity index (χ0) is 14.4. The molecule has 0 bridgehead atoms. The minimum absolute atomic E-state index is 0.115. The molecule has 0 atom stereocenters. The largest absolute Gasteiger partial charge is 0.477 e. The molecule has 0 aromatic carbocycles. The lowest BCUT2D eigenvalue weighted by atomic mass is 10.2. The zero-order valence-corrected chi connectivity index (χ0v) is 11.9. The molecule has 1 saturated heterocycles. The van der Waals surface area contributed by atoms with Gasteiger partial charge in [-0.05, 0) is 17.0 Å². The van der Waals surface area contributed by atoms with Crippen LogP contribution in [0.15, 0.2) is 11.4 Å². The lowest BCUT2D eigenvalue weighted by molar-refractivity contribution is -0.135. The van der Waals surface area contributed by atoms with Crippen LogP contribution in [0.5, 0.6) is 0 Å². The molecule has 1 fully saturated rings. The number of nitrogens with one attached hydrogen (secondary N) is 1. The highest BCUT2D eigenvalue weighted by atomic mass is 32.1. The maximum absolute atomic E-state index is 11.9. The quantitative estimate of drug-likeness (QED) is 0.759. The van der Waals surface area contributed by atoms with Gasteiger partial charge in [0, 0.05) is 32.6 Å². The predicted octanol–water partition coefficient (Wildman–Crippen LogP) is 0.785. The van der Waals surface area contributed by atoms with Gasteiger partial charge in [-0.15, -0.1) is 11.3 Å². The van der Waals surface area contributed by atoms with Gasteiger partial charge in [-0.25, -0.2) is 4.79 Å². The number of carbonyl (C=O) groups is 2. The van der Waals surface area contributed by atoms with Gasteiger partial charge >= 0.3 is 5.97 Å². The minimum Gasteiger partial charge on any atom is -0.477 e. The first-order chi connectivity index (χ1) is 9.68. The first-order valence-corrected chi connectivity index (χ1v) is 7.42. The molecule has 6 nitrogen and oxygen atoms in total. The van der Waals surface area contributed by atoms with Crippen LogP contribution in [-0.2, 0) is 16.1 Å². The Bertz CT molecular complexity index is 469. The number of aromatic carboxylic acids is 1. The van der Waals surface area contributed by atoms with Gasteiger partial charge in [0.25, 0.3) is 0 Å². The number of rotatable bonds is 6. The molecule has 1 aromatic heterocycles. The van der Waals surface area contributed by atoms with Crippen molar-refractivity contribution in [3.05, 3.63) is 21.9 Å². The highest BCUT2D eigenvalue weighted by Crippen LogP contribution is 2.16. The van der Waals surface area contributed by atoms with Crippen molar-refractivity contribution in [1.29, 1.82) is 0 Å². The Morgan fingerprint density at radius 3 is 2.85 bits per heavy atom. The average molecular weight is 298 g/mol. The van der Waals surface area contributed by atoms with E-state index in [2.05, 4.69) is 5.32 Å². The van der Waals surface area contributed by atoms with E-state index < -0.39 is 5.97 Å². The van der Waals surface area contributed by atoms with Crippen molar-refractivity contribution < 1.29 is 19.4 Å². The molecule has 2 rings (SSSR count). The Hall–Kier alpha value is -1.44. The molecular weight excluding hydrogens is 280 g/mol. The van der Waals surface area contributed by atoms with Crippen LogP contribution in [0.2, 0.25) is 0 Å². The second kappa shape index (κ2) is 7.37. The first-order valence-electron chi connectivity index (χ1n) is 6.54. The predicted molar refractivity (Wildman–Crippen MR) is 75.0 cm³/mol. The fraction of sp³-hybridized carbons (Fsp3) is 0.538. The van der Waals surface area contributed by atoms with E-state index in [9.17, 15) is 9.59 Å². The topological polar surface area (TPSA) is 78.9 Å². The monoisotopic (exact) mass is 298 g/mol. The van der Waals surface area contributed by atoms with Gasteiger partial charge in [0.15, 0.2) is 0 Å². The third-order valence-electron chi connectivity index (χ3n) is 3.14.